The lowest BCUT2D eigenvalue weighted by molar-refractivity contribution is -0.125. The van der Waals surface area contributed by atoms with Crippen molar-refractivity contribution in [1.29, 1.82) is 5.26 Å². The van der Waals surface area contributed by atoms with Gasteiger partial charge in [0.25, 0.3) is 11.8 Å². The van der Waals surface area contributed by atoms with Gasteiger partial charge >= 0.3 is 5.97 Å². The summed E-state index contributed by atoms with van der Waals surface area (Å²) >= 11 is 0. The molecule has 1 N–H and O–H groups in total. The number of carbonyl (C=O) groups excluding carboxylic acids is 3. The zero-order chi connectivity index (χ0) is 22.4. The maximum Gasteiger partial charge on any atom is 0.339 e. The van der Waals surface area contributed by atoms with Gasteiger partial charge in [-0.3, -0.25) is 9.59 Å². The van der Waals surface area contributed by atoms with Gasteiger partial charge in [-0.2, -0.15) is 5.26 Å². The standard InChI is InChI=1S/C24H25N3O4/c1-24(16-25,18-12-13-18)26-21(28)15-31-23(30)20-11-7-6-10-19(20)22(29)27(2)14-17-8-4-3-5-9-17/h3-11,18H,12-15H2,1-2H3,(H,26,28)/t24-/m0/s1. The third-order valence-corrected chi connectivity index (χ3v) is 5.35. The molecule has 1 saturated carbocycles. The second-order valence-corrected chi connectivity index (χ2v) is 7.91. The number of benzene rings is 2. The second-order valence-electron chi connectivity index (χ2n) is 7.91. The predicted octanol–water partition coefficient (Wildman–Crippen LogP) is 2.92. The first kappa shape index (κ1) is 22.0. The molecule has 1 atom stereocenters. The predicted molar refractivity (Wildman–Crippen MR) is 114 cm³/mol. The summed E-state index contributed by atoms with van der Waals surface area (Å²) in [7, 11) is 1.66. The Morgan fingerprint density at radius 1 is 1.10 bits per heavy atom. The zero-order valence-corrected chi connectivity index (χ0v) is 17.6. The van der Waals surface area contributed by atoms with Gasteiger partial charge in [-0.1, -0.05) is 42.5 Å². The topological polar surface area (TPSA) is 99.5 Å². The van der Waals surface area contributed by atoms with Gasteiger partial charge in [0.05, 0.1) is 17.2 Å². The lowest BCUT2D eigenvalue weighted by Crippen LogP contribution is -2.48. The lowest BCUT2D eigenvalue weighted by atomic mass is 9.98. The van der Waals surface area contributed by atoms with Crippen molar-refractivity contribution >= 4 is 17.8 Å². The van der Waals surface area contributed by atoms with Crippen LogP contribution in [0.3, 0.4) is 0 Å². The first-order valence-electron chi connectivity index (χ1n) is 10.1. The Kier molecular flexibility index (Phi) is 6.71. The number of amides is 2. The molecule has 2 aromatic carbocycles. The molecule has 160 valence electrons. The van der Waals surface area contributed by atoms with E-state index in [0.717, 1.165) is 18.4 Å². The molecule has 0 spiro atoms. The lowest BCUT2D eigenvalue weighted by Gasteiger charge is -2.22. The molecule has 0 unspecified atom stereocenters. The number of nitrogens with zero attached hydrogens (tertiary/aromatic N) is 2. The Morgan fingerprint density at radius 2 is 1.71 bits per heavy atom. The molecular formula is C24H25N3O4. The number of rotatable bonds is 8. The van der Waals surface area contributed by atoms with E-state index >= 15 is 0 Å². The van der Waals surface area contributed by atoms with Crippen molar-refractivity contribution in [3.8, 4) is 6.07 Å². The SMILES string of the molecule is CN(Cc1ccccc1)C(=O)c1ccccc1C(=O)OCC(=O)N[C@@](C)(C#N)C1CC1. The average Bonchev–Trinajstić information content (AvgIpc) is 3.63. The van der Waals surface area contributed by atoms with Crippen LogP contribution in [0.4, 0.5) is 0 Å². The Hall–Kier alpha value is -3.66. The van der Waals surface area contributed by atoms with Crippen LogP contribution in [0.1, 0.15) is 46.0 Å². The fraction of sp³-hybridized carbons (Fsp3) is 0.333. The van der Waals surface area contributed by atoms with Crippen LogP contribution in [0, 0.1) is 17.2 Å². The summed E-state index contributed by atoms with van der Waals surface area (Å²) in [6, 6.07) is 18.0. The van der Waals surface area contributed by atoms with E-state index in [1.54, 1.807) is 32.2 Å². The van der Waals surface area contributed by atoms with Crippen molar-refractivity contribution in [1.82, 2.24) is 10.2 Å². The van der Waals surface area contributed by atoms with Gasteiger partial charge in [-0.15, -0.1) is 0 Å². The summed E-state index contributed by atoms with van der Waals surface area (Å²) in [4.78, 5) is 39.2. The summed E-state index contributed by atoms with van der Waals surface area (Å²) in [5, 5.41) is 12.0. The van der Waals surface area contributed by atoms with Crippen molar-refractivity contribution in [3.05, 3.63) is 71.3 Å². The number of esters is 1. The minimum absolute atomic E-state index is 0.0884. The first-order chi connectivity index (χ1) is 14.8. The number of hydrogen-bond donors (Lipinski definition) is 1. The summed E-state index contributed by atoms with van der Waals surface area (Å²) in [6.45, 7) is 1.53. The van der Waals surface area contributed by atoms with Crippen LogP contribution in [-0.2, 0) is 16.1 Å². The zero-order valence-electron chi connectivity index (χ0n) is 17.6. The smallest absolute Gasteiger partial charge is 0.339 e. The fourth-order valence-corrected chi connectivity index (χ4v) is 3.40. The van der Waals surface area contributed by atoms with E-state index in [0.29, 0.717) is 6.54 Å². The van der Waals surface area contributed by atoms with Crippen molar-refractivity contribution < 1.29 is 19.1 Å². The van der Waals surface area contributed by atoms with E-state index in [9.17, 15) is 19.6 Å². The molecule has 3 rings (SSSR count). The van der Waals surface area contributed by atoms with E-state index in [1.807, 2.05) is 30.3 Å². The molecule has 0 radical (unpaired) electrons. The highest BCUT2D eigenvalue weighted by atomic mass is 16.5. The summed E-state index contributed by atoms with van der Waals surface area (Å²) < 4.78 is 5.14. The Morgan fingerprint density at radius 3 is 2.32 bits per heavy atom. The molecule has 0 aliphatic heterocycles. The van der Waals surface area contributed by atoms with Crippen LogP contribution in [0.5, 0.6) is 0 Å². The number of hydrogen-bond acceptors (Lipinski definition) is 5. The largest absolute Gasteiger partial charge is 0.452 e. The van der Waals surface area contributed by atoms with Crippen LogP contribution in [0.15, 0.2) is 54.6 Å². The third-order valence-electron chi connectivity index (χ3n) is 5.35. The third kappa shape index (κ3) is 5.48. The van der Waals surface area contributed by atoms with Gasteiger partial charge < -0.3 is 15.0 Å². The van der Waals surface area contributed by atoms with Gasteiger partial charge in [0.2, 0.25) is 0 Å². The summed E-state index contributed by atoms with van der Waals surface area (Å²) in [6.07, 6.45) is 1.77. The maximum absolute atomic E-state index is 12.9. The molecule has 2 amide bonds. The number of nitriles is 1. The van der Waals surface area contributed by atoms with E-state index in [1.165, 1.54) is 11.0 Å². The van der Waals surface area contributed by atoms with Crippen LogP contribution in [0.25, 0.3) is 0 Å². The molecule has 2 aromatic rings. The minimum Gasteiger partial charge on any atom is -0.452 e. The van der Waals surface area contributed by atoms with E-state index in [2.05, 4.69) is 11.4 Å². The van der Waals surface area contributed by atoms with Gasteiger partial charge in [0.1, 0.15) is 5.54 Å². The number of nitrogens with one attached hydrogen (secondary N) is 1. The molecule has 0 heterocycles. The van der Waals surface area contributed by atoms with Gasteiger partial charge in [0.15, 0.2) is 6.61 Å². The molecule has 7 heteroatoms. The van der Waals surface area contributed by atoms with Crippen molar-refractivity contribution in [3.63, 3.8) is 0 Å². The molecule has 0 aromatic heterocycles. The van der Waals surface area contributed by atoms with E-state index in [-0.39, 0.29) is 23.0 Å². The molecular weight excluding hydrogens is 394 g/mol. The molecule has 1 aliphatic rings. The van der Waals surface area contributed by atoms with Crippen LogP contribution >= 0.6 is 0 Å². The first-order valence-corrected chi connectivity index (χ1v) is 10.1. The molecule has 7 nitrogen and oxygen atoms in total. The summed E-state index contributed by atoms with van der Waals surface area (Å²) in [5.41, 5.74) is 0.292. The number of carbonyl (C=O) groups is 3. The Balaban J connectivity index is 1.63. The van der Waals surface area contributed by atoms with Gasteiger partial charge in [-0.25, -0.2) is 4.79 Å². The normalized spacial score (nSPS) is 14.6. The van der Waals surface area contributed by atoms with Crippen LogP contribution < -0.4 is 5.32 Å². The number of ether oxygens (including phenoxy) is 1. The van der Waals surface area contributed by atoms with Gasteiger partial charge in [0, 0.05) is 13.6 Å². The highest BCUT2D eigenvalue weighted by Gasteiger charge is 2.43. The Labute approximate surface area is 181 Å². The highest BCUT2D eigenvalue weighted by molar-refractivity contribution is 6.05. The monoisotopic (exact) mass is 419 g/mol. The molecule has 0 saturated heterocycles. The molecule has 0 bridgehead atoms. The fourth-order valence-electron chi connectivity index (χ4n) is 3.40. The quantitative estimate of drug-likeness (QED) is 0.663. The van der Waals surface area contributed by atoms with Crippen LogP contribution in [-0.4, -0.2) is 41.9 Å². The van der Waals surface area contributed by atoms with E-state index < -0.39 is 24.0 Å². The van der Waals surface area contributed by atoms with Gasteiger partial charge in [-0.05, 0) is 43.4 Å². The van der Waals surface area contributed by atoms with Crippen molar-refractivity contribution in [2.75, 3.05) is 13.7 Å². The highest BCUT2D eigenvalue weighted by Crippen LogP contribution is 2.39. The van der Waals surface area contributed by atoms with Crippen molar-refractivity contribution in [2.45, 2.75) is 31.8 Å². The van der Waals surface area contributed by atoms with Crippen LogP contribution in [0.2, 0.25) is 0 Å². The van der Waals surface area contributed by atoms with E-state index in [4.69, 9.17) is 4.74 Å². The molecule has 1 aliphatic carbocycles. The molecule has 1 fully saturated rings. The van der Waals surface area contributed by atoms with Crippen molar-refractivity contribution in [2.24, 2.45) is 5.92 Å². The molecule has 31 heavy (non-hydrogen) atoms. The minimum atomic E-state index is -0.961. The second kappa shape index (κ2) is 9.43. The summed E-state index contributed by atoms with van der Waals surface area (Å²) in [5.74, 6) is -1.52. The Bertz CT molecular complexity index is 1010. The average molecular weight is 419 g/mol. The maximum atomic E-state index is 12.9.